The number of nitrogens with zero attached hydrogens (tertiary/aromatic N) is 1. The van der Waals surface area contributed by atoms with Crippen molar-refractivity contribution in [2.75, 3.05) is 7.11 Å². The standard InChI is InChI=1S/C43H58N2O12/c1-4-5-6-7-10-13-34(46)22-23-36-35(37(47)27-38(36)48)14-11-8-9-12-15-41(49)44-30(2)43(51)57-39-24-20-31(26-40(39)54-3)21-25-42(50)55-28-32-16-18-33(19-17-32)29-56-45(52)53/h8,11,16-21,24-26,30,35-38,47-48H,4-7,9-10,12-15,22-23,27-29H2,1-3H3,(H,44,49)/t30?,35-,36-,37+,38-/m1/s1. The summed E-state index contributed by atoms with van der Waals surface area (Å²) in [6.07, 6.45) is 14.8. The van der Waals surface area contributed by atoms with E-state index in [-0.39, 0.29) is 54.7 Å². The molecule has 312 valence electrons. The van der Waals surface area contributed by atoms with E-state index in [1.165, 1.54) is 38.7 Å². The van der Waals surface area contributed by atoms with Crippen LogP contribution in [0.15, 0.2) is 60.7 Å². The van der Waals surface area contributed by atoms with Gasteiger partial charge in [0.25, 0.3) is 5.09 Å². The minimum absolute atomic E-state index is 0.00644. The number of rotatable bonds is 26. The molecule has 3 rings (SSSR count). The van der Waals surface area contributed by atoms with Crippen LogP contribution in [0.4, 0.5) is 0 Å². The van der Waals surface area contributed by atoms with E-state index in [1.54, 1.807) is 36.4 Å². The van der Waals surface area contributed by atoms with Crippen molar-refractivity contribution in [1.29, 1.82) is 0 Å². The van der Waals surface area contributed by atoms with Gasteiger partial charge in [0.1, 0.15) is 25.0 Å². The fraction of sp³-hybridized carbons (Fsp3) is 0.535. The Kier molecular flexibility index (Phi) is 20.5. The number of methoxy groups -OCH3 is 1. The topological polar surface area (TPSA) is 201 Å². The number of carbonyl (C=O) groups is 4. The van der Waals surface area contributed by atoms with Crippen molar-refractivity contribution >= 4 is 29.7 Å². The molecule has 5 atom stereocenters. The van der Waals surface area contributed by atoms with Crippen LogP contribution in [-0.2, 0) is 42.0 Å². The van der Waals surface area contributed by atoms with Gasteiger partial charge in [-0.3, -0.25) is 9.59 Å². The summed E-state index contributed by atoms with van der Waals surface area (Å²) in [5, 5.41) is 33.2. The van der Waals surface area contributed by atoms with E-state index in [1.807, 2.05) is 12.2 Å². The molecule has 1 unspecified atom stereocenters. The number of hydrogen-bond acceptors (Lipinski definition) is 12. The molecule has 1 fully saturated rings. The zero-order chi connectivity index (χ0) is 41.6. The van der Waals surface area contributed by atoms with Crippen LogP contribution in [0.5, 0.6) is 11.5 Å². The van der Waals surface area contributed by atoms with E-state index < -0.39 is 35.3 Å². The van der Waals surface area contributed by atoms with Gasteiger partial charge in [0.2, 0.25) is 5.91 Å². The van der Waals surface area contributed by atoms with Gasteiger partial charge in [-0.15, -0.1) is 10.1 Å². The highest BCUT2D eigenvalue weighted by atomic mass is 16.9. The van der Waals surface area contributed by atoms with Crippen molar-refractivity contribution in [1.82, 2.24) is 5.32 Å². The van der Waals surface area contributed by atoms with Gasteiger partial charge < -0.3 is 34.6 Å². The fourth-order valence-corrected chi connectivity index (χ4v) is 6.70. The van der Waals surface area contributed by atoms with E-state index in [0.29, 0.717) is 61.6 Å². The van der Waals surface area contributed by atoms with Crippen LogP contribution in [0.2, 0.25) is 0 Å². The molecular formula is C43H58N2O12. The van der Waals surface area contributed by atoms with E-state index in [9.17, 15) is 39.5 Å². The second-order valence-corrected chi connectivity index (χ2v) is 14.4. The molecule has 0 saturated heterocycles. The number of ether oxygens (including phenoxy) is 3. The summed E-state index contributed by atoms with van der Waals surface area (Å²) < 4.78 is 16.1. The lowest BCUT2D eigenvalue weighted by Gasteiger charge is -2.22. The number of amides is 1. The third kappa shape index (κ3) is 17.3. The zero-order valence-electron chi connectivity index (χ0n) is 33.3. The molecular weight excluding hydrogens is 736 g/mol. The summed E-state index contributed by atoms with van der Waals surface area (Å²) in [6.45, 7) is 3.50. The monoisotopic (exact) mass is 794 g/mol. The van der Waals surface area contributed by atoms with Crippen LogP contribution in [-0.4, -0.2) is 64.3 Å². The summed E-state index contributed by atoms with van der Waals surface area (Å²) in [5.74, 6) is -1.25. The smallest absolute Gasteiger partial charge is 0.333 e. The number of unbranched alkanes of at least 4 members (excludes halogenated alkanes) is 5. The average molecular weight is 795 g/mol. The van der Waals surface area contributed by atoms with Gasteiger partial charge in [0, 0.05) is 25.3 Å². The van der Waals surface area contributed by atoms with Crippen molar-refractivity contribution < 1.29 is 53.5 Å². The first-order valence-electron chi connectivity index (χ1n) is 19.8. The number of aliphatic hydroxyl groups excluding tert-OH is 2. The van der Waals surface area contributed by atoms with Crippen molar-refractivity contribution in [3.05, 3.63) is 87.5 Å². The number of carbonyl (C=O) groups excluding carboxylic acids is 4. The molecule has 3 N–H and O–H groups in total. The van der Waals surface area contributed by atoms with Crippen molar-refractivity contribution in [2.45, 2.75) is 129 Å². The molecule has 1 amide bonds. The molecule has 0 bridgehead atoms. The Morgan fingerprint density at radius 1 is 0.895 bits per heavy atom. The number of nitrogens with one attached hydrogen (secondary N) is 1. The number of allylic oxidation sites excluding steroid dienone is 2. The summed E-state index contributed by atoms with van der Waals surface area (Å²) >= 11 is 0. The lowest BCUT2D eigenvalue weighted by molar-refractivity contribution is -0.763. The number of aliphatic hydroxyl groups is 2. The molecule has 0 spiro atoms. The normalized spacial score (nSPS) is 18.3. The predicted octanol–water partition coefficient (Wildman–Crippen LogP) is 6.75. The third-order valence-electron chi connectivity index (χ3n) is 9.97. The number of Topliss-reactive ketones (excluding diaryl/α,β-unsaturated/α-hetero) is 1. The number of benzene rings is 2. The number of ketones is 1. The van der Waals surface area contributed by atoms with Crippen LogP contribution in [0.3, 0.4) is 0 Å². The summed E-state index contributed by atoms with van der Waals surface area (Å²) in [5.41, 5.74) is 1.85. The van der Waals surface area contributed by atoms with Gasteiger partial charge in [-0.05, 0) is 92.2 Å². The molecule has 1 aliphatic rings. The molecule has 1 aliphatic carbocycles. The van der Waals surface area contributed by atoms with Crippen molar-refractivity contribution in [2.24, 2.45) is 11.8 Å². The maximum absolute atomic E-state index is 12.8. The second kappa shape index (κ2) is 25.2. The van der Waals surface area contributed by atoms with Crippen LogP contribution < -0.4 is 14.8 Å². The van der Waals surface area contributed by atoms with Gasteiger partial charge in [0.05, 0.1) is 19.3 Å². The molecule has 14 heteroatoms. The van der Waals surface area contributed by atoms with Crippen molar-refractivity contribution in [3.63, 3.8) is 0 Å². The molecule has 0 radical (unpaired) electrons. The van der Waals surface area contributed by atoms with Gasteiger partial charge in [-0.1, -0.05) is 75.1 Å². The van der Waals surface area contributed by atoms with Crippen LogP contribution >= 0.6 is 0 Å². The van der Waals surface area contributed by atoms with E-state index in [2.05, 4.69) is 17.1 Å². The Morgan fingerprint density at radius 2 is 1.60 bits per heavy atom. The molecule has 57 heavy (non-hydrogen) atoms. The molecule has 2 aromatic carbocycles. The Balaban J connectivity index is 1.36. The predicted molar refractivity (Wildman–Crippen MR) is 212 cm³/mol. The Hall–Kier alpha value is -5.08. The first kappa shape index (κ1) is 46.3. The highest BCUT2D eigenvalue weighted by Crippen LogP contribution is 2.38. The quantitative estimate of drug-likeness (QED) is 0.0172. The summed E-state index contributed by atoms with van der Waals surface area (Å²) in [7, 11) is 1.40. The minimum atomic E-state index is -0.933. The summed E-state index contributed by atoms with van der Waals surface area (Å²) in [4.78, 5) is 64.7. The Bertz CT molecular complexity index is 1660. The van der Waals surface area contributed by atoms with Crippen LogP contribution in [0.1, 0.15) is 114 Å². The van der Waals surface area contributed by atoms with Gasteiger partial charge in [-0.2, -0.15) is 0 Å². The number of esters is 2. The first-order valence-corrected chi connectivity index (χ1v) is 19.8. The highest BCUT2D eigenvalue weighted by Gasteiger charge is 2.40. The minimum Gasteiger partial charge on any atom is -0.493 e. The molecule has 1 saturated carbocycles. The van der Waals surface area contributed by atoms with E-state index in [0.717, 1.165) is 25.7 Å². The highest BCUT2D eigenvalue weighted by molar-refractivity contribution is 5.87. The largest absolute Gasteiger partial charge is 0.493 e. The molecule has 14 nitrogen and oxygen atoms in total. The molecule has 0 heterocycles. The van der Waals surface area contributed by atoms with Gasteiger partial charge in [-0.25, -0.2) is 9.59 Å². The van der Waals surface area contributed by atoms with Crippen LogP contribution in [0, 0.1) is 22.0 Å². The van der Waals surface area contributed by atoms with Crippen molar-refractivity contribution in [3.8, 4) is 11.5 Å². The maximum Gasteiger partial charge on any atom is 0.333 e. The Labute approximate surface area is 334 Å². The molecule has 0 aliphatic heterocycles. The maximum atomic E-state index is 12.8. The SMILES string of the molecule is CCCCCCCC(=O)CC[C@@H]1[C@@H](CC=CCCCC(=O)NC(C)C(=O)Oc2ccc(C=CC(=O)OCc3ccc(CO[N+](=O)[O-])cc3)cc2OC)[C@@H](O)C[C@H]1O. The number of hydrogen-bond donors (Lipinski definition) is 3. The van der Waals surface area contributed by atoms with Crippen LogP contribution in [0.25, 0.3) is 6.08 Å². The first-order chi connectivity index (χ1) is 27.4. The Morgan fingerprint density at radius 3 is 2.30 bits per heavy atom. The van der Waals surface area contributed by atoms with E-state index >= 15 is 0 Å². The lowest BCUT2D eigenvalue weighted by atomic mass is 9.86. The fourth-order valence-electron chi connectivity index (χ4n) is 6.70. The molecule has 0 aromatic heterocycles. The molecule has 2 aromatic rings. The zero-order valence-corrected chi connectivity index (χ0v) is 33.3. The van der Waals surface area contributed by atoms with E-state index in [4.69, 9.17) is 14.2 Å². The third-order valence-corrected chi connectivity index (χ3v) is 9.97. The summed E-state index contributed by atoms with van der Waals surface area (Å²) in [6, 6.07) is 10.4. The van der Waals surface area contributed by atoms with Gasteiger partial charge in [0.15, 0.2) is 11.5 Å². The second-order valence-electron chi connectivity index (χ2n) is 14.4. The lowest BCUT2D eigenvalue weighted by Crippen LogP contribution is -2.40. The van der Waals surface area contributed by atoms with Gasteiger partial charge >= 0.3 is 11.9 Å². The average Bonchev–Trinajstić information content (AvgIpc) is 3.46.